The lowest BCUT2D eigenvalue weighted by Crippen LogP contribution is -2.43. The fourth-order valence-electron chi connectivity index (χ4n) is 0.531. The Hall–Kier alpha value is -0.860. The lowest BCUT2D eigenvalue weighted by molar-refractivity contribution is -0.124. The molecule has 1 radical (unpaired) electrons. The van der Waals surface area contributed by atoms with Crippen LogP contribution in [-0.2, 0) is 9.59 Å². The van der Waals surface area contributed by atoms with Crippen molar-refractivity contribution < 1.29 is 9.59 Å². The zero-order chi connectivity index (χ0) is 9.07. The summed E-state index contributed by atoms with van der Waals surface area (Å²) in [5, 5.41) is 2.67. The predicted molar refractivity (Wildman–Crippen MR) is 42.8 cm³/mol. The average molecular weight is 156 g/mol. The van der Waals surface area contributed by atoms with E-state index >= 15 is 0 Å². The molecule has 0 bridgehead atoms. The van der Waals surface area contributed by atoms with Crippen LogP contribution in [0.3, 0.4) is 0 Å². The fourth-order valence-corrected chi connectivity index (χ4v) is 0.531. The highest BCUT2D eigenvalue weighted by Gasteiger charge is 2.18. The van der Waals surface area contributed by atoms with E-state index in [0.29, 0.717) is 0 Å². The van der Waals surface area contributed by atoms with Gasteiger partial charge in [0.2, 0.25) is 12.2 Å². The van der Waals surface area contributed by atoms with Gasteiger partial charge in [0.15, 0.2) is 0 Å². The average Bonchev–Trinajstić information content (AvgIpc) is 1.82. The summed E-state index contributed by atoms with van der Waals surface area (Å²) in [6.07, 6.45) is 1.63. The Bertz CT molecular complexity index is 158. The van der Waals surface area contributed by atoms with Crippen LogP contribution >= 0.6 is 0 Å². The van der Waals surface area contributed by atoms with E-state index in [4.69, 9.17) is 0 Å². The van der Waals surface area contributed by atoms with Crippen molar-refractivity contribution in [2.75, 3.05) is 0 Å². The van der Waals surface area contributed by atoms with Crippen molar-refractivity contribution in [2.45, 2.75) is 33.2 Å². The van der Waals surface area contributed by atoms with Crippen molar-refractivity contribution in [1.82, 2.24) is 5.32 Å². The summed E-state index contributed by atoms with van der Waals surface area (Å²) in [7, 11) is 0. The maximum atomic E-state index is 11.0. The smallest absolute Gasteiger partial charge is 0.231 e. The van der Waals surface area contributed by atoms with Crippen LogP contribution in [0.4, 0.5) is 0 Å². The molecule has 0 aliphatic carbocycles. The van der Waals surface area contributed by atoms with Crippen LogP contribution in [0.15, 0.2) is 0 Å². The first-order valence-electron chi connectivity index (χ1n) is 3.56. The molecule has 0 aliphatic rings. The molecule has 0 aliphatic heterocycles. The van der Waals surface area contributed by atoms with E-state index in [1.807, 2.05) is 20.8 Å². The Balaban J connectivity index is 3.98. The van der Waals surface area contributed by atoms with Gasteiger partial charge in [-0.2, -0.15) is 0 Å². The maximum absolute atomic E-state index is 11.0. The molecule has 1 amide bonds. The number of rotatable bonds is 2. The largest absolute Gasteiger partial charge is 0.351 e. The van der Waals surface area contributed by atoms with Crippen LogP contribution in [-0.4, -0.2) is 17.7 Å². The molecular formula is C8H14NO2. The van der Waals surface area contributed by atoms with Gasteiger partial charge in [-0.25, -0.2) is 0 Å². The summed E-state index contributed by atoms with van der Waals surface area (Å²) in [6.45, 7) is 7.11. The van der Waals surface area contributed by atoms with E-state index in [1.165, 1.54) is 6.92 Å². The number of carbonyl (C=O) groups excluding carboxylic acids is 2. The first-order valence-corrected chi connectivity index (χ1v) is 3.56. The summed E-state index contributed by atoms with van der Waals surface area (Å²) < 4.78 is 0. The highest BCUT2D eigenvalue weighted by molar-refractivity contribution is 5.91. The summed E-state index contributed by atoms with van der Waals surface area (Å²) in [6, 6.07) is 0. The third-order valence-corrected chi connectivity index (χ3v) is 1.07. The topological polar surface area (TPSA) is 46.2 Å². The lowest BCUT2D eigenvalue weighted by Gasteiger charge is -2.21. The second-order valence-corrected chi connectivity index (χ2v) is 3.58. The molecule has 0 saturated carbocycles. The second kappa shape index (κ2) is 3.51. The van der Waals surface area contributed by atoms with Crippen molar-refractivity contribution in [2.24, 2.45) is 5.92 Å². The molecule has 63 valence electrons. The predicted octanol–water partition coefficient (Wildman–Crippen LogP) is 0.647. The molecule has 0 aromatic carbocycles. The molecule has 0 aromatic heterocycles. The third-order valence-electron chi connectivity index (χ3n) is 1.07. The van der Waals surface area contributed by atoms with Crippen LogP contribution in [0.5, 0.6) is 0 Å². The Kier molecular flexibility index (Phi) is 3.23. The minimum Gasteiger partial charge on any atom is -0.351 e. The highest BCUT2D eigenvalue weighted by atomic mass is 16.2. The van der Waals surface area contributed by atoms with Gasteiger partial charge in [-0.05, 0) is 27.7 Å². The normalized spacial score (nSPS) is 13.8. The minimum atomic E-state index is -0.672. The highest BCUT2D eigenvalue weighted by Crippen LogP contribution is 2.00. The van der Waals surface area contributed by atoms with Crippen LogP contribution in [0.25, 0.3) is 0 Å². The van der Waals surface area contributed by atoms with Gasteiger partial charge in [0.05, 0.1) is 0 Å². The minimum absolute atomic E-state index is 0.271. The van der Waals surface area contributed by atoms with Crippen molar-refractivity contribution >= 4 is 12.2 Å². The molecule has 1 unspecified atom stereocenters. The van der Waals surface area contributed by atoms with Gasteiger partial charge in [-0.1, -0.05) is 0 Å². The molecule has 0 spiro atoms. The Morgan fingerprint density at radius 1 is 1.45 bits per heavy atom. The van der Waals surface area contributed by atoms with Gasteiger partial charge in [0, 0.05) is 5.54 Å². The SMILES string of the molecule is CC([C]=O)C(=O)NC(C)(C)C. The molecule has 0 rings (SSSR count). The van der Waals surface area contributed by atoms with Gasteiger partial charge in [0.1, 0.15) is 5.92 Å². The van der Waals surface area contributed by atoms with Gasteiger partial charge in [0.25, 0.3) is 0 Å². The summed E-state index contributed by atoms with van der Waals surface area (Å²) in [4.78, 5) is 21.1. The van der Waals surface area contributed by atoms with E-state index in [2.05, 4.69) is 5.32 Å². The number of carbonyl (C=O) groups is 1. The standard InChI is InChI=1S/C8H14NO2/c1-6(5-10)7(11)9-8(2,3)4/h6H,1-4H3,(H,9,11). The molecule has 1 atom stereocenters. The van der Waals surface area contributed by atoms with Crippen LogP contribution in [0, 0.1) is 5.92 Å². The Labute approximate surface area is 67.2 Å². The first kappa shape index (κ1) is 10.1. The summed E-state index contributed by atoms with van der Waals surface area (Å²) in [5.41, 5.74) is -0.276. The number of hydrogen-bond acceptors (Lipinski definition) is 2. The van der Waals surface area contributed by atoms with Crippen LogP contribution < -0.4 is 5.32 Å². The molecule has 11 heavy (non-hydrogen) atoms. The van der Waals surface area contributed by atoms with E-state index < -0.39 is 5.92 Å². The Morgan fingerprint density at radius 3 is 2.18 bits per heavy atom. The quantitative estimate of drug-likeness (QED) is 0.596. The zero-order valence-electron chi connectivity index (χ0n) is 7.39. The van der Waals surface area contributed by atoms with Crippen LogP contribution in [0.2, 0.25) is 0 Å². The second-order valence-electron chi connectivity index (χ2n) is 3.58. The van der Waals surface area contributed by atoms with Crippen molar-refractivity contribution in [1.29, 1.82) is 0 Å². The lowest BCUT2D eigenvalue weighted by atomic mass is 10.1. The van der Waals surface area contributed by atoms with Crippen molar-refractivity contribution in [3.63, 3.8) is 0 Å². The summed E-state index contributed by atoms with van der Waals surface area (Å²) >= 11 is 0. The maximum Gasteiger partial charge on any atom is 0.231 e. The van der Waals surface area contributed by atoms with Crippen molar-refractivity contribution in [3.05, 3.63) is 0 Å². The van der Waals surface area contributed by atoms with Gasteiger partial charge < -0.3 is 5.32 Å². The summed E-state index contributed by atoms with van der Waals surface area (Å²) in [5.74, 6) is -0.943. The molecular weight excluding hydrogens is 142 g/mol. The van der Waals surface area contributed by atoms with E-state index in [0.717, 1.165) is 0 Å². The monoisotopic (exact) mass is 156 g/mol. The molecule has 0 fully saturated rings. The number of amides is 1. The van der Waals surface area contributed by atoms with E-state index in [-0.39, 0.29) is 11.4 Å². The molecule has 3 nitrogen and oxygen atoms in total. The fraction of sp³-hybridized carbons (Fsp3) is 0.750. The van der Waals surface area contributed by atoms with E-state index in [9.17, 15) is 9.59 Å². The van der Waals surface area contributed by atoms with Gasteiger partial charge in [-0.3, -0.25) is 9.59 Å². The van der Waals surface area contributed by atoms with Crippen LogP contribution in [0.1, 0.15) is 27.7 Å². The van der Waals surface area contributed by atoms with Gasteiger partial charge in [-0.15, -0.1) is 0 Å². The van der Waals surface area contributed by atoms with Gasteiger partial charge >= 0.3 is 0 Å². The molecule has 0 heterocycles. The third kappa shape index (κ3) is 4.53. The molecule has 0 saturated heterocycles. The molecule has 1 N–H and O–H groups in total. The molecule has 0 aromatic rings. The number of hydrogen-bond donors (Lipinski definition) is 1. The van der Waals surface area contributed by atoms with Crippen molar-refractivity contribution in [3.8, 4) is 0 Å². The molecule has 3 heteroatoms. The van der Waals surface area contributed by atoms with E-state index in [1.54, 1.807) is 6.29 Å². The first-order chi connectivity index (χ1) is 4.87. The Morgan fingerprint density at radius 2 is 1.91 bits per heavy atom. The zero-order valence-corrected chi connectivity index (χ0v) is 7.39. The number of nitrogens with one attached hydrogen (secondary N) is 1.